The number of nitrogens with one attached hydrogen (secondary N) is 1. The molecule has 116 valence electrons. The fourth-order valence-electron chi connectivity index (χ4n) is 2.63. The van der Waals surface area contributed by atoms with Crippen molar-refractivity contribution in [1.29, 1.82) is 0 Å². The van der Waals surface area contributed by atoms with Crippen molar-refractivity contribution in [2.75, 3.05) is 26.2 Å². The third kappa shape index (κ3) is 6.37. The highest BCUT2D eigenvalue weighted by atomic mass is 16.2. The molecule has 2 amide bonds. The van der Waals surface area contributed by atoms with Gasteiger partial charge in [0.1, 0.15) is 0 Å². The van der Waals surface area contributed by atoms with E-state index >= 15 is 0 Å². The highest BCUT2D eigenvalue weighted by molar-refractivity contribution is 5.76. The minimum Gasteiger partial charge on any atom is -0.356 e. The molecule has 0 saturated carbocycles. The molecule has 1 aliphatic heterocycles. The number of nitrogens with zero attached hydrogens (tertiary/aromatic N) is 1. The lowest BCUT2D eigenvalue weighted by Gasteiger charge is -2.32. The number of carbonyl (C=O) groups excluding carboxylic acids is 2. The van der Waals surface area contributed by atoms with Gasteiger partial charge in [-0.15, -0.1) is 0 Å². The zero-order chi connectivity index (χ0) is 15.0. The predicted octanol–water partition coefficient (Wildman–Crippen LogP) is 1.13. The molecule has 1 rings (SSSR count). The molecule has 5 heteroatoms. The van der Waals surface area contributed by atoms with Gasteiger partial charge in [-0.3, -0.25) is 9.59 Å². The number of hydrogen-bond donors (Lipinski definition) is 2. The first-order valence-corrected chi connectivity index (χ1v) is 7.75. The van der Waals surface area contributed by atoms with E-state index in [1.807, 2.05) is 4.90 Å². The van der Waals surface area contributed by atoms with E-state index in [2.05, 4.69) is 12.2 Å². The van der Waals surface area contributed by atoms with Crippen molar-refractivity contribution in [3.8, 4) is 0 Å². The van der Waals surface area contributed by atoms with Gasteiger partial charge in [0.15, 0.2) is 0 Å². The molecule has 0 aromatic carbocycles. The van der Waals surface area contributed by atoms with Gasteiger partial charge in [-0.1, -0.05) is 6.92 Å². The Morgan fingerprint density at radius 3 is 2.50 bits per heavy atom. The normalized spacial score (nSPS) is 17.9. The van der Waals surface area contributed by atoms with Crippen molar-refractivity contribution in [1.82, 2.24) is 10.2 Å². The van der Waals surface area contributed by atoms with Gasteiger partial charge in [-0.25, -0.2) is 0 Å². The van der Waals surface area contributed by atoms with Crippen LogP contribution in [0.5, 0.6) is 0 Å². The van der Waals surface area contributed by atoms with Crippen LogP contribution in [-0.2, 0) is 9.59 Å². The van der Waals surface area contributed by atoms with Crippen LogP contribution in [0.4, 0.5) is 0 Å². The zero-order valence-corrected chi connectivity index (χ0v) is 12.9. The SMILES string of the molecule is CC(=O)NCC1CCN(C(=O)CCC(C)CCN)CC1. The number of rotatable bonds is 7. The minimum atomic E-state index is 0.0254. The summed E-state index contributed by atoms with van der Waals surface area (Å²) in [6.07, 6.45) is 4.54. The quantitative estimate of drug-likeness (QED) is 0.735. The Labute approximate surface area is 122 Å². The van der Waals surface area contributed by atoms with E-state index in [4.69, 9.17) is 5.73 Å². The van der Waals surface area contributed by atoms with E-state index in [0.717, 1.165) is 45.3 Å². The van der Waals surface area contributed by atoms with E-state index < -0.39 is 0 Å². The first-order chi connectivity index (χ1) is 9.52. The second-order valence-electron chi connectivity index (χ2n) is 5.98. The molecule has 3 N–H and O–H groups in total. The summed E-state index contributed by atoms with van der Waals surface area (Å²) in [5.74, 6) is 1.34. The Balaban J connectivity index is 2.20. The van der Waals surface area contributed by atoms with Gasteiger partial charge in [0.05, 0.1) is 0 Å². The summed E-state index contributed by atoms with van der Waals surface area (Å²) in [7, 11) is 0. The van der Waals surface area contributed by atoms with Crippen LogP contribution in [0.15, 0.2) is 0 Å². The lowest BCUT2D eigenvalue weighted by Crippen LogP contribution is -2.41. The van der Waals surface area contributed by atoms with Crippen LogP contribution < -0.4 is 11.1 Å². The average Bonchev–Trinajstić information content (AvgIpc) is 2.43. The molecular weight excluding hydrogens is 254 g/mol. The van der Waals surface area contributed by atoms with Crippen molar-refractivity contribution >= 4 is 11.8 Å². The Morgan fingerprint density at radius 1 is 1.30 bits per heavy atom. The van der Waals surface area contributed by atoms with E-state index in [1.165, 1.54) is 0 Å². The molecule has 0 aromatic heterocycles. The summed E-state index contributed by atoms with van der Waals surface area (Å²) in [6, 6.07) is 0. The molecule has 1 atom stereocenters. The second kappa shape index (κ2) is 8.95. The average molecular weight is 283 g/mol. The Morgan fingerprint density at radius 2 is 1.95 bits per heavy atom. The summed E-state index contributed by atoms with van der Waals surface area (Å²) in [5, 5.41) is 2.86. The van der Waals surface area contributed by atoms with Gasteiger partial charge in [-0.2, -0.15) is 0 Å². The molecule has 5 nitrogen and oxygen atoms in total. The summed E-state index contributed by atoms with van der Waals surface area (Å²) < 4.78 is 0. The van der Waals surface area contributed by atoms with Crippen molar-refractivity contribution in [2.45, 2.75) is 46.0 Å². The topological polar surface area (TPSA) is 75.4 Å². The molecule has 1 unspecified atom stereocenters. The molecule has 1 heterocycles. The van der Waals surface area contributed by atoms with Gasteiger partial charge in [0, 0.05) is 33.0 Å². The van der Waals surface area contributed by atoms with E-state index in [9.17, 15) is 9.59 Å². The molecule has 0 spiro atoms. The second-order valence-corrected chi connectivity index (χ2v) is 5.98. The van der Waals surface area contributed by atoms with Gasteiger partial charge in [0.25, 0.3) is 0 Å². The number of carbonyl (C=O) groups is 2. The summed E-state index contributed by atoms with van der Waals surface area (Å²) in [6.45, 7) is 6.79. The zero-order valence-electron chi connectivity index (χ0n) is 12.9. The maximum Gasteiger partial charge on any atom is 0.222 e. The lowest BCUT2D eigenvalue weighted by atomic mass is 9.95. The molecule has 0 bridgehead atoms. The van der Waals surface area contributed by atoms with E-state index in [0.29, 0.717) is 24.8 Å². The van der Waals surface area contributed by atoms with Crippen molar-refractivity contribution < 1.29 is 9.59 Å². The van der Waals surface area contributed by atoms with E-state index in [-0.39, 0.29) is 11.8 Å². The summed E-state index contributed by atoms with van der Waals surface area (Å²) in [4.78, 5) is 25.0. The number of amides is 2. The van der Waals surface area contributed by atoms with Gasteiger partial charge in [0.2, 0.25) is 11.8 Å². The highest BCUT2D eigenvalue weighted by Gasteiger charge is 2.22. The summed E-state index contributed by atoms with van der Waals surface area (Å²) >= 11 is 0. The minimum absolute atomic E-state index is 0.0254. The molecule has 1 aliphatic rings. The molecular formula is C15H29N3O2. The van der Waals surface area contributed by atoms with Crippen LogP contribution in [0.2, 0.25) is 0 Å². The van der Waals surface area contributed by atoms with Crippen molar-refractivity contribution in [3.63, 3.8) is 0 Å². The molecule has 20 heavy (non-hydrogen) atoms. The molecule has 1 saturated heterocycles. The Hall–Kier alpha value is -1.10. The molecule has 1 fully saturated rings. The Bertz CT molecular complexity index is 312. The maximum absolute atomic E-state index is 12.1. The molecule has 0 radical (unpaired) electrons. The fraction of sp³-hybridized carbons (Fsp3) is 0.867. The van der Waals surface area contributed by atoms with E-state index in [1.54, 1.807) is 6.92 Å². The lowest BCUT2D eigenvalue weighted by molar-refractivity contribution is -0.133. The first-order valence-electron chi connectivity index (χ1n) is 7.75. The van der Waals surface area contributed by atoms with Crippen LogP contribution in [0, 0.1) is 11.8 Å². The van der Waals surface area contributed by atoms with Crippen LogP contribution in [0.1, 0.15) is 46.0 Å². The highest BCUT2D eigenvalue weighted by Crippen LogP contribution is 2.18. The van der Waals surface area contributed by atoms with Gasteiger partial charge < -0.3 is 16.0 Å². The predicted molar refractivity (Wildman–Crippen MR) is 80.1 cm³/mol. The summed E-state index contributed by atoms with van der Waals surface area (Å²) in [5.41, 5.74) is 5.52. The number of piperidine rings is 1. The van der Waals surface area contributed by atoms with Crippen molar-refractivity contribution in [2.24, 2.45) is 17.6 Å². The largest absolute Gasteiger partial charge is 0.356 e. The maximum atomic E-state index is 12.1. The van der Waals surface area contributed by atoms with Crippen LogP contribution in [0.3, 0.4) is 0 Å². The third-order valence-corrected chi connectivity index (χ3v) is 4.12. The third-order valence-electron chi connectivity index (χ3n) is 4.12. The van der Waals surface area contributed by atoms with Crippen LogP contribution in [-0.4, -0.2) is 42.9 Å². The standard InChI is InChI=1S/C15H29N3O2/c1-12(5-8-16)3-4-15(20)18-9-6-14(7-10-18)11-17-13(2)19/h12,14H,3-11,16H2,1-2H3,(H,17,19). The smallest absolute Gasteiger partial charge is 0.222 e. The van der Waals surface area contributed by atoms with Gasteiger partial charge >= 0.3 is 0 Å². The fourth-order valence-corrected chi connectivity index (χ4v) is 2.63. The van der Waals surface area contributed by atoms with Crippen molar-refractivity contribution in [3.05, 3.63) is 0 Å². The van der Waals surface area contributed by atoms with Crippen LogP contribution >= 0.6 is 0 Å². The number of hydrogen-bond acceptors (Lipinski definition) is 3. The van der Waals surface area contributed by atoms with Crippen LogP contribution in [0.25, 0.3) is 0 Å². The Kier molecular flexibility index (Phi) is 7.59. The number of nitrogens with two attached hydrogens (primary N) is 1. The first kappa shape index (κ1) is 17.0. The monoisotopic (exact) mass is 283 g/mol. The number of likely N-dealkylation sites (tertiary alicyclic amines) is 1. The molecule has 0 aliphatic carbocycles. The van der Waals surface area contributed by atoms with Gasteiger partial charge in [-0.05, 0) is 44.1 Å². The molecule has 0 aromatic rings.